The molecule has 1 aromatic heterocycles. The number of nitrogens with one attached hydrogen (secondary N) is 1. The molecule has 162 valence electrons. The number of anilines is 2. The number of carbonyl (C=O) groups is 1. The lowest BCUT2D eigenvalue weighted by molar-refractivity contribution is 0.0946. The number of benzene rings is 1. The molecular weight excluding hydrogens is 418 g/mol. The first-order valence-corrected chi connectivity index (χ1v) is 10.8. The molecule has 1 aromatic carbocycles. The molecule has 9 nitrogen and oxygen atoms in total. The molecule has 1 fully saturated rings. The Labute approximate surface area is 173 Å². The van der Waals surface area contributed by atoms with Crippen molar-refractivity contribution in [2.24, 2.45) is 0 Å². The second-order valence-corrected chi connectivity index (χ2v) is 8.81. The highest BCUT2D eigenvalue weighted by atomic mass is 32.2. The normalized spacial score (nSPS) is 14.2. The van der Waals surface area contributed by atoms with Gasteiger partial charge >= 0.3 is 5.76 Å². The van der Waals surface area contributed by atoms with Gasteiger partial charge in [-0.15, -0.1) is 0 Å². The Balaban J connectivity index is 1.83. The van der Waals surface area contributed by atoms with Gasteiger partial charge in [-0.2, -0.15) is 23.7 Å². The number of halogens is 2. The summed E-state index contributed by atoms with van der Waals surface area (Å²) >= 11 is 0. The van der Waals surface area contributed by atoms with Gasteiger partial charge < -0.3 is 15.1 Å². The lowest BCUT2D eigenvalue weighted by Gasteiger charge is -2.19. The van der Waals surface area contributed by atoms with Crippen LogP contribution in [0.25, 0.3) is 0 Å². The van der Waals surface area contributed by atoms with Gasteiger partial charge in [0.05, 0.1) is 17.0 Å². The number of alkyl halides is 2. The van der Waals surface area contributed by atoms with E-state index in [0.717, 1.165) is 32.0 Å². The maximum absolute atomic E-state index is 12.9. The van der Waals surface area contributed by atoms with E-state index in [1.54, 1.807) is 19.0 Å². The van der Waals surface area contributed by atoms with Crippen LogP contribution in [0.15, 0.2) is 29.2 Å². The van der Waals surface area contributed by atoms with E-state index in [-0.39, 0.29) is 17.9 Å². The van der Waals surface area contributed by atoms with Crippen molar-refractivity contribution in [1.29, 1.82) is 0 Å². The van der Waals surface area contributed by atoms with Crippen molar-refractivity contribution < 1.29 is 22.0 Å². The first-order valence-electron chi connectivity index (χ1n) is 9.26. The molecule has 1 saturated heterocycles. The van der Waals surface area contributed by atoms with Crippen LogP contribution in [0.4, 0.5) is 20.7 Å². The molecule has 1 N–H and O–H groups in total. The van der Waals surface area contributed by atoms with Crippen molar-refractivity contribution >= 4 is 27.6 Å². The Bertz CT molecular complexity index is 1030. The summed E-state index contributed by atoms with van der Waals surface area (Å²) in [5.41, 5.74) is -0.362. The Kier molecular flexibility index (Phi) is 6.44. The zero-order chi connectivity index (χ0) is 21.9. The summed E-state index contributed by atoms with van der Waals surface area (Å²) in [6.07, 6.45) is 2.06. The van der Waals surface area contributed by atoms with Crippen LogP contribution in [0, 0.1) is 0 Å². The van der Waals surface area contributed by atoms with E-state index in [9.17, 15) is 22.0 Å². The predicted molar refractivity (Wildman–Crippen MR) is 106 cm³/mol. The zero-order valence-corrected chi connectivity index (χ0v) is 17.4. The van der Waals surface area contributed by atoms with E-state index in [1.165, 1.54) is 18.2 Å². The molecule has 3 rings (SSSR count). The van der Waals surface area contributed by atoms with Crippen LogP contribution >= 0.6 is 0 Å². The highest BCUT2D eigenvalue weighted by Crippen LogP contribution is 2.22. The zero-order valence-electron chi connectivity index (χ0n) is 16.5. The number of amides is 1. The molecule has 1 amide bonds. The van der Waals surface area contributed by atoms with Crippen LogP contribution < -0.4 is 15.1 Å². The van der Waals surface area contributed by atoms with E-state index in [1.807, 2.05) is 4.90 Å². The third-order valence-electron chi connectivity index (χ3n) is 4.53. The molecule has 0 bridgehead atoms. The van der Waals surface area contributed by atoms with Gasteiger partial charge in [0.25, 0.3) is 5.91 Å². The Morgan fingerprint density at radius 2 is 1.83 bits per heavy atom. The van der Waals surface area contributed by atoms with Gasteiger partial charge in [-0.05, 0) is 25.0 Å². The number of hydrogen-bond acceptors (Lipinski definition) is 8. The number of hydrogen-bond donors (Lipinski definition) is 1. The van der Waals surface area contributed by atoms with Crippen LogP contribution in [0.3, 0.4) is 0 Å². The molecule has 1 aliphatic heterocycles. The maximum Gasteiger partial charge on any atom is 0.341 e. The van der Waals surface area contributed by atoms with Gasteiger partial charge in [-0.3, -0.25) is 4.79 Å². The third-order valence-corrected chi connectivity index (χ3v) is 5.97. The van der Waals surface area contributed by atoms with Crippen LogP contribution in [0.5, 0.6) is 0 Å². The lowest BCUT2D eigenvalue weighted by Crippen LogP contribution is -2.28. The van der Waals surface area contributed by atoms with Crippen molar-refractivity contribution in [2.75, 3.05) is 37.0 Å². The minimum absolute atomic E-state index is 0.119. The average molecular weight is 440 g/mol. The average Bonchev–Trinajstić information content (AvgIpc) is 3.26. The van der Waals surface area contributed by atoms with E-state index in [4.69, 9.17) is 0 Å². The first-order chi connectivity index (χ1) is 14.2. The van der Waals surface area contributed by atoms with E-state index < -0.39 is 26.4 Å². The van der Waals surface area contributed by atoms with Gasteiger partial charge in [0.15, 0.2) is 5.82 Å². The predicted octanol–water partition coefficient (Wildman–Crippen LogP) is 1.46. The molecule has 0 radical (unpaired) electrons. The van der Waals surface area contributed by atoms with Crippen LogP contribution in [0.2, 0.25) is 0 Å². The van der Waals surface area contributed by atoms with Crippen molar-refractivity contribution in [2.45, 2.75) is 30.0 Å². The molecule has 2 heterocycles. The van der Waals surface area contributed by atoms with Crippen molar-refractivity contribution in [3.8, 4) is 0 Å². The highest BCUT2D eigenvalue weighted by Gasteiger charge is 2.30. The summed E-state index contributed by atoms with van der Waals surface area (Å²) < 4.78 is 49.6. The monoisotopic (exact) mass is 440 g/mol. The van der Waals surface area contributed by atoms with Gasteiger partial charge in [0.1, 0.15) is 0 Å². The topological polar surface area (TPSA) is 108 Å². The van der Waals surface area contributed by atoms with E-state index in [0.29, 0.717) is 11.9 Å². The smallest absolute Gasteiger partial charge is 0.341 e. The van der Waals surface area contributed by atoms with Gasteiger partial charge in [-0.25, -0.2) is 8.42 Å². The second kappa shape index (κ2) is 8.86. The molecule has 12 heteroatoms. The van der Waals surface area contributed by atoms with Crippen LogP contribution in [-0.4, -0.2) is 62.2 Å². The molecule has 2 aromatic rings. The van der Waals surface area contributed by atoms with Crippen molar-refractivity contribution in [3.63, 3.8) is 0 Å². The minimum Gasteiger partial charge on any atom is -0.347 e. The number of carbonyl (C=O) groups excluding carboxylic acids is 1. The summed E-state index contributed by atoms with van der Waals surface area (Å²) in [5.74, 6) is -3.25. The minimum atomic E-state index is -4.92. The Morgan fingerprint density at radius 3 is 2.47 bits per heavy atom. The maximum atomic E-state index is 12.9. The molecule has 1 aliphatic rings. The van der Waals surface area contributed by atoms with E-state index in [2.05, 4.69) is 20.3 Å². The fraction of sp³-hybridized carbons (Fsp3) is 0.444. The Hall–Kier alpha value is -2.89. The standard InChI is InChI=1S/C18H22F2N6O3S/c1-25(2)17-22-14(23-18(24-17)26-9-5-6-10-26)11-21-15(27)12-7-3-4-8-13(12)30(28,29)16(19)20/h3-4,7-8,16H,5-6,9-11H2,1-2H3,(H,21,27). The van der Waals surface area contributed by atoms with E-state index >= 15 is 0 Å². The SMILES string of the molecule is CN(C)c1nc(CNC(=O)c2ccccc2S(=O)(=O)C(F)F)nc(N2CCCC2)n1. The van der Waals surface area contributed by atoms with Gasteiger partial charge in [-0.1, -0.05) is 12.1 Å². The Morgan fingerprint density at radius 1 is 1.17 bits per heavy atom. The first kappa shape index (κ1) is 21.8. The van der Waals surface area contributed by atoms with Crippen LogP contribution in [0.1, 0.15) is 29.0 Å². The third kappa shape index (κ3) is 4.64. The summed E-state index contributed by atoms with van der Waals surface area (Å²) in [4.78, 5) is 28.7. The van der Waals surface area contributed by atoms with Crippen LogP contribution in [-0.2, 0) is 16.4 Å². The largest absolute Gasteiger partial charge is 0.347 e. The number of nitrogens with zero attached hydrogens (tertiary/aromatic N) is 5. The van der Waals surface area contributed by atoms with Gasteiger partial charge in [0, 0.05) is 27.2 Å². The molecule has 0 spiro atoms. The fourth-order valence-corrected chi connectivity index (χ4v) is 3.91. The lowest BCUT2D eigenvalue weighted by atomic mass is 10.2. The highest BCUT2D eigenvalue weighted by molar-refractivity contribution is 7.91. The summed E-state index contributed by atoms with van der Waals surface area (Å²) in [6, 6.07) is 4.84. The molecule has 0 unspecified atom stereocenters. The molecule has 0 atom stereocenters. The molecular formula is C18H22F2N6O3S. The number of aromatic nitrogens is 3. The van der Waals surface area contributed by atoms with Gasteiger partial charge in [0.2, 0.25) is 21.7 Å². The summed E-state index contributed by atoms with van der Waals surface area (Å²) in [5, 5.41) is 2.51. The number of sulfone groups is 1. The molecule has 30 heavy (non-hydrogen) atoms. The summed E-state index contributed by atoms with van der Waals surface area (Å²) in [7, 11) is -1.37. The summed E-state index contributed by atoms with van der Waals surface area (Å²) in [6.45, 7) is 1.52. The van der Waals surface area contributed by atoms with Crippen molar-refractivity contribution in [1.82, 2.24) is 20.3 Å². The second-order valence-electron chi connectivity index (χ2n) is 6.92. The molecule has 0 aliphatic carbocycles. The molecule has 0 saturated carbocycles. The fourth-order valence-electron chi connectivity index (χ4n) is 2.99. The number of rotatable bonds is 7. The van der Waals surface area contributed by atoms with Crippen molar-refractivity contribution in [3.05, 3.63) is 35.7 Å². The quantitative estimate of drug-likeness (QED) is 0.690.